The number of hydrogen-bond donors (Lipinski definition) is 0. The van der Waals surface area contributed by atoms with Crippen LogP contribution >= 0.6 is 0 Å². The molecule has 2 fully saturated rings. The number of carbonyl (C=O) groups is 2. The van der Waals surface area contributed by atoms with E-state index in [0.717, 1.165) is 12.8 Å². The minimum Gasteiger partial charge on any atom is -0.440 e. The molecule has 0 spiro atoms. The van der Waals surface area contributed by atoms with E-state index in [2.05, 4.69) is 4.74 Å². The second-order valence-electron chi connectivity index (χ2n) is 4.76. The zero-order chi connectivity index (χ0) is 14.0. The van der Waals surface area contributed by atoms with Gasteiger partial charge in [0.05, 0.1) is 0 Å². The van der Waals surface area contributed by atoms with Crippen molar-refractivity contribution in [2.75, 3.05) is 32.8 Å². The van der Waals surface area contributed by atoms with Gasteiger partial charge in [-0.05, 0) is 12.8 Å². The Morgan fingerprint density at radius 3 is 2.05 bits per heavy atom. The first-order chi connectivity index (χ1) is 8.87. The largest absolute Gasteiger partial charge is 0.440 e. The van der Waals surface area contributed by atoms with E-state index in [-0.39, 0.29) is 24.9 Å². The van der Waals surface area contributed by atoms with Crippen LogP contribution in [-0.2, 0) is 9.53 Å². The van der Waals surface area contributed by atoms with Crippen molar-refractivity contribution in [1.29, 1.82) is 0 Å². The highest BCUT2D eigenvalue weighted by Crippen LogP contribution is 2.31. The predicted molar refractivity (Wildman–Crippen MR) is 58.3 cm³/mol. The van der Waals surface area contributed by atoms with Gasteiger partial charge in [-0.25, -0.2) is 4.79 Å². The van der Waals surface area contributed by atoms with Gasteiger partial charge in [0.25, 0.3) is 0 Å². The Hall–Kier alpha value is -1.47. The normalized spacial score (nSPS) is 20.4. The Kier molecular flexibility index (Phi) is 3.86. The van der Waals surface area contributed by atoms with E-state index in [1.165, 1.54) is 4.90 Å². The van der Waals surface area contributed by atoms with Crippen molar-refractivity contribution in [2.45, 2.75) is 19.0 Å². The Morgan fingerprint density at radius 1 is 1.05 bits per heavy atom. The molecule has 0 aromatic rings. The maximum Gasteiger partial charge on any atom is 0.422 e. The first-order valence-corrected chi connectivity index (χ1v) is 6.14. The number of carbonyl (C=O) groups excluding carboxylic acids is 2. The van der Waals surface area contributed by atoms with Crippen LogP contribution in [0.4, 0.5) is 18.0 Å². The number of alkyl halides is 3. The molecule has 2 amide bonds. The smallest absolute Gasteiger partial charge is 0.422 e. The van der Waals surface area contributed by atoms with Gasteiger partial charge in [-0.1, -0.05) is 0 Å². The molecule has 1 heterocycles. The molecule has 0 N–H and O–H groups in total. The van der Waals surface area contributed by atoms with E-state index < -0.39 is 18.9 Å². The molecule has 19 heavy (non-hydrogen) atoms. The molecule has 5 nitrogen and oxygen atoms in total. The number of rotatable bonds is 2. The summed E-state index contributed by atoms with van der Waals surface area (Å²) in [6.07, 6.45) is -3.67. The van der Waals surface area contributed by atoms with E-state index in [1.54, 1.807) is 4.90 Å². The number of ether oxygens (including phenoxy) is 1. The number of hydrogen-bond acceptors (Lipinski definition) is 3. The third kappa shape index (κ3) is 4.00. The third-order valence-corrected chi connectivity index (χ3v) is 3.14. The highest BCUT2D eigenvalue weighted by molar-refractivity contribution is 5.81. The van der Waals surface area contributed by atoms with Crippen LogP contribution in [0.1, 0.15) is 12.8 Å². The molecule has 0 aromatic heterocycles. The highest BCUT2D eigenvalue weighted by atomic mass is 19.4. The lowest BCUT2D eigenvalue weighted by atomic mass is 10.3. The number of amides is 2. The maximum absolute atomic E-state index is 11.9. The summed E-state index contributed by atoms with van der Waals surface area (Å²) in [6.45, 7) is -0.426. The van der Waals surface area contributed by atoms with Gasteiger partial charge in [-0.15, -0.1) is 0 Å². The van der Waals surface area contributed by atoms with Crippen molar-refractivity contribution in [3.05, 3.63) is 0 Å². The van der Waals surface area contributed by atoms with Crippen LogP contribution in [0.3, 0.4) is 0 Å². The van der Waals surface area contributed by atoms with Crippen LogP contribution < -0.4 is 0 Å². The molecule has 1 aliphatic heterocycles. The maximum atomic E-state index is 11.9. The van der Waals surface area contributed by atoms with E-state index in [0.29, 0.717) is 13.1 Å². The molecule has 108 valence electrons. The zero-order valence-electron chi connectivity index (χ0n) is 10.3. The average molecular weight is 280 g/mol. The van der Waals surface area contributed by atoms with E-state index in [1.807, 2.05) is 0 Å². The Morgan fingerprint density at radius 2 is 1.58 bits per heavy atom. The van der Waals surface area contributed by atoms with Crippen molar-refractivity contribution in [1.82, 2.24) is 9.80 Å². The van der Waals surface area contributed by atoms with Gasteiger partial charge < -0.3 is 14.5 Å². The van der Waals surface area contributed by atoms with Gasteiger partial charge in [0.2, 0.25) is 5.91 Å². The lowest BCUT2D eigenvalue weighted by Crippen LogP contribution is -2.51. The summed E-state index contributed by atoms with van der Waals surface area (Å²) < 4.78 is 39.9. The summed E-state index contributed by atoms with van der Waals surface area (Å²) in [5.74, 6) is 0.201. The molecule has 2 aliphatic rings. The van der Waals surface area contributed by atoms with Crippen molar-refractivity contribution < 1.29 is 27.5 Å². The second-order valence-corrected chi connectivity index (χ2v) is 4.76. The summed E-state index contributed by atoms with van der Waals surface area (Å²) in [4.78, 5) is 26.0. The number of nitrogens with zero attached hydrogens (tertiary/aromatic N) is 2. The van der Waals surface area contributed by atoms with Gasteiger partial charge in [0.1, 0.15) is 0 Å². The second kappa shape index (κ2) is 5.26. The van der Waals surface area contributed by atoms with Crippen LogP contribution in [0, 0.1) is 5.92 Å². The summed E-state index contributed by atoms with van der Waals surface area (Å²) in [5, 5.41) is 0. The fourth-order valence-electron chi connectivity index (χ4n) is 1.93. The highest BCUT2D eigenvalue weighted by Gasteiger charge is 2.36. The summed E-state index contributed by atoms with van der Waals surface area (Å²) in [5.41, 5.74) is 0. The third-order valence-electron chi connectivity index (χ3n) is 3.14. The summed E-state index contributed by atoms with van der Waals surface area (Å²) in [6, 6.07) is 0. The standard InChI is InChI=1S/C11H15F3N2O3/c12-11(13,14)7-19-10(18)16-5-3-15(4-6-16)9(17)8-1-2-8/h8H,1-7H2. The van der Waals surface area contributed by atoms with Crippen molar-refractivity contribution in [2.24, 2.45) is 5.92 Å². The molecule has 0 atom stereocenters. The van der Waals surface area contributed by atoms with Crippen LogP contribution in [0.2, 0.25) is 0 Å². The minimum absolute atomic E-state index is 0.0864. The molecule has 2 rings (SSSR count). The van der Waals surface area contributed by atoms with Crippen LogP contribution in [0.5, 0.6) is 0 Å². The van der Waals surface area contributed by atoms with Gasteiger partial charge >= 0.3 is 12.3 Å². The molecular weight excluding hydrogens is 265 g/mol. The van der Waals surface area contributed by atoms with E-state index in [4.69, 9.17) is 0 Å². The average Bonchev–Trinajstić information content (AvgIpc) is 3.18. The van der Waals surface area contributed by atoms with Crippen molar-refractivity contribution in [3.8, 4) is 0 Å². The lowest BCUT2D eigenvalue weighted by molar-refractivity contribution is -0.162. The zero-order valence-corrected chi connectivity index (χ0v) is 10.3. The summed E-state index contributed by atoms with van der Waals surface area (Å²) >= 11 is 0. The monoisotopic (exact) mass is 280 g/mol. The fraction of sp³-hybridized carbons (Fsp3) is 0.818. The quantitative estimate of drug-likeness (QED) is 0.764. The molecule has 1 saturated heterocycles. The van der Waals surface area contributed by atoms with E-state index in [9.17, 15) is 22.8 Å². The molecule has 0 unspecified atom stereocenters. The predicted octanol–water partition coefficient (Wildman–Crippen LogP) is 1.24. The topological polar surface area (TPSA) is 49.9 Å². The van der Waals surface area contributed by atoms with Gasteiger partial charge in [0.15, 0.2) is 6.61 Å². The Labute approximate surface area is 108 Å². The molecule has 1 saturated carbocycles. The molecule has 0 bridgehead atoms. The first-order valence-electron chi connectivity index (χ1n) is 6.14. The van der Waals surface area contributed by atoms with Crippen LogP contribution in [0.25, 0.3) is 0 Å². The van der Waals surface area contributed by atoms with Gasteiger partial charge in [-0.3, -0.25) is 4.79 Å². The number of halogens is 3. The molecule has 8 heteroatoms. The fourth-order valence-corrected chi connectivity index (χ4v) is 1.93. The van der Waals surface area contributed by atoms with Crippen molar-refractivity contribution in [3.63, 3.8) is 0 Å². The van der Waals surface area contributed by atoms with Crippen LogP contribution in [0.15, 0.2) is 0 Å². The Balaban J connectivity index is 1.73. The van der Waals surface area contributed by atoms with Gasteiger partial charge in [-0.2, -0.15) is 13.2 Å². The minimum atomic E-state index is -4.51. The molecule has 0 aromatic carbocycles. The molecule has 1 aliphatic carbocycles. The van der Waals surface area contributed by atoms with Gasteiger partial charge in [0, 0.05) is 32.1 Å². The Bertz CT molecular complexity index is 361. The van der Waals surface area contributed by atoms with E-state index >= 15 is 0 Å². The molecular formula is C11H15F3N2O3. The SMILES string of the molecule is O=C(OCC(F)(F)F)N1CCN(C(=O)C2CC2)CC1. The summed E-state index contributed by atoms with van der Waals surface area (Å²) in [7, 11) is 0. The van der Waals surface area contributed by atoms with Crippen molar-refractivity contribution >= 4 is 12.0 Å². The lowest BCUT2D eigenvalue weighted by Gasteiger charge is -2.34. The number of piperazine rings is 1. The first kappa shape index (κ1) is 14.0. The molecule has 0 radical (unpaired) electrons. The van der Waals surface area contributed by atoms with Crippen LogP contribution in [-0.4, -0.2) is 60.8 Å².